The molecule has 2 aromatic heterocycles. The Bertz CT molecular complexity index is 968. The van der Waals surface area contributed by atoms with Crippen LogP contribution in [-0.2, 0) is 11.5 Å². The van der Waals surface area contributed by atoms with Gasteiger partial charge >= 0.3 is 0 Å². The van der Waals surface area contributed by atoms with E-state index in [0.29, 0.717) is 28.8 Å². The first-order chi connectivity index (χ1) is 12.8. The molecule has 5 nitrogen and oxygen atoms in total. The molecule has 0 atom stereocenters. The molecule has 27 heavy (non-hydrogen) atoms. The predicted molar refractivity (Wildman–Crippen MR) is 112 cm³/mol. The highest BCUT2D eigenvalue weighted by atomic mass is 35.5. The molecule has 142 valence electrons. The Morgan fingerprint density at radius 3 is 2.52 bits per heavy atom. The number of hydrogen-bond donors (Lipinski definition) is 0. The van der Waals surface area contributed by atoms with Gasteiger partial charge in [0.05, 0.1) is 10.9 Å². The van der Waals surface area contributed by atoms with Gasteiger partial charge in [0.2, 0.25) is 5.28 Å². The number of benzene rings is 1. The van der Waals surface area contributed by atoms with Gasteiger partial charge in [-0.1, -0.05) is 61.6 Å². The van der Waals surface area contributed by atoms with E-state index in [1.165, 1.54) is 0 Å². The van der Waals surface area contributed by atoms with Crippen molar-refractivity contribution in [2.45, 2.75) is 32.4 Å². The van der Waals surface area contributed by atoms with Gasteiger partial charge in [-0.15, -0.1) is 0 Å². The Hall–Kier alpha value is -1.73. The molecule has 0 fully saturated rings. The number of rotatable bonds is 7. The third-order valence-electron chi connectivity index (χ3n) is 4.15. The molecule has 2 heterocycles. The van der Waals surface area contributed by atoms with E-state index >= 15 is 0 Å². The molecule has 0 saturated carbocycles. The van der Waals surface area contributed by atoms with Gasteiger partial charge in [0, 0.05) is 26.4 Å². The molecule has 0 radical (unpaired) electrons. The van der Waals surface area contributed by atoms with Gasteiger partial charge in [-0.2, -0.15) is 4.98 Å². The topological polar surface area (TPSA) is 57.0 Å². The van der Waals surface area contributed by atoms with E-state index in [-0.39, 0.29) is 23.0 Å². The van der Waals surface area contributed by atoms with Crippen molar-refractivity contribution >= 4 is 48.1 Å². The van der Waals surface area contributed by atoms with Crippen LogP contribution in [0.5, 0.6) is 0 Å². The number of carbonyl (C=O) groups is 1. The summed E-state index contributed by atoms with van der Waals surface area (Å²) >= 11 is 12.3. The van der Waals surface area contributed by atoms with Gasteiger partial charge in [0.1, 0.15) is 17.5 Å². The molecule has 1 aromatic carbocycles. The standard InChI is InChI=1S/C19H21Cl2N3O2Si/c1-27(2,3)10-9-26-12-24-11-14(16(25)13-7-5-4-6-8-13)15-17(20)22-19(21)23-18(15)24/h4-8,11H,9-10,12H2,1-3H3. The van der Waals surface area contributed by atoms with Gasteiger partial charge in [-0.25, -0.2) is 4.98 Å². The molecule has 3 rings (SSSR count). The quantitative estimate of drug-likeness (QED) is 0.171. The number of aromatic nitrogens is 3. The zero-order valence-corrected chi connectivity index (χ0v) is 18.0. The van der Waals surface area contributed by atoms with E-state index in [2.05, 4.69) is 29.6 Å². The minimum atomic E-state index is -1.18. The van der Waals surface area contributed by atoms with E-state index in [1.54, 1.807) is 22.9 Å². The number of nitrogens with zero attached hydrogens (tertiary/aromatic N) is 3. The van der Waals surface area contributed by atoms with Gasteiger partial charge in [-0.05, 0) is 17.6 Å². The normalized spacial score (nSPS) is 11.9. The lowest BCUT2D eigenvalue weighted by atomic mass is 10.0. The van der Waals surface area contributed by atoms with Crippen molar-refractivity contribution in [3.63, 3.8) is 0 Å². The lowest BCUT2D eigenvalue weighted by molar-refractivity contribution is 0.0896. The molecule has 0 aliphatic heterocycles. The van der Waals surface area contributed by atoms with Crippen molar-refractivity contribution in [2.75, 3.05) is 6.61 Å². The summed E-state index contributed by atoms with van der Waals surface area (Å²) in [5.74, 6) is -0.144. The first-order valence-corrected chi connectivity index (χ1v) is 13.1. The second-order valence-corrected chi connectivity index (χ2v) is 13.9. The minimum absolute atomic E-state index is 0.0349. The molecule has 0 unspecified atom stereocenters. The Balaban J connectivity index is 1.96. The first-order valence-electron chi connectivity index (χ1n) is 8.65. The number of hydrogen-bond acceptors (Lipinski definition) is 4. The molecule has 3 aromatic rings. The average molecular weight is 422 g/mol. The molecular formula is C19H21Cl2N3O2Si. The highest BCUT2D eigenvalue weighted by Gasteiger charge is 2.21. The van der Waals surface area contributed by atoms with E-state index in [4.69, 9.17) is 27.9 Å². The third-order valence-corrected chi connectivity index (χ3v) is 6.30. The summed E-state index contributed by atoms with van der Waals surface area (Å²) in [5.41, 5.74) is 1.50. The van der Waals surface area contributed by atoms with Crippen molar-refractivity contribution in [3.05, 3.63) is 58.1 Å². The maximum Gasteiger partial charge on any atom is 0.225 e. The monoisotopic (exact) mass is 421 g/mol. The lowest BCUT2D eigenvalue weighted by Gasteiger charge is -2.15. The minimum Gasteiger partial charge on any atom is -0.361 e. The summed E-state index contributed by atoms with van der Waals surface area (Å²) < 4.78 is 7.58. The fraction of sp³-hybridized carbons (Fsp3) is 0.316. The van der Waals surface area contributed by atoms with E-state index in [1.807, 2.05) is 18.2 Å². The average Bonchev–Trinajstić information content (AvgIpc) is 2.97. The number of ether oxygens (including phenoxy) is 1. The SMILES string of the molecule is C[Si](C)(C)CCOCn1cc(C(=O)c2ccccc2)c2c(Cl)nc(Cl)nc21. The number of ketones is 1. The molecular weight excluding hydrogens is 401 g/mol. The van der Waals surface area contributed by atoms with Crippen molar-refractivity contribution in [1.82, 2.24) is 14.5 Å². The number of halogens is 2. The highest BCUT2D eigenvalue weighted by molar-refractivity contribution is 6.76. The molecule has 0 aliphatic carbocycles. The Morgan fingerprint density at radius 1 is 1.15 bits per heavy atom. The fourth-order valence-corrected chi connectivity index (χ4v) is 3.91. The van der Waals surface area contributed by atoms with Crippen LogP contribution in [-0.4, -0.2) is 35.0 Å². The fourth-order valence-electron chi connectivity index (χ4n) is 2.68. The first kappa shape index (κ1) is 20.0. The molecule has 0 aliphatic rings. The van der Waals surface area contributed by atoms with Gasteiger partial charge in [0.25, 0.3) is 0 Å². The largest absolute Gasteiger partial charge is 0.361 e. The summed E-state index contributed by atoms with van der Waals surface area (Å²) in [6, 6.07) is 10.1. The Labute approximate surface area is 169 Å². The Morgan fingerprint density at radius 2 is 1.85 bits per heavy atom. The lowest BCUT2D eigenvalue weighted by Crippen LogP contribution is -2.22. The summed E-state index contributed by atoms with van der Waals surface area (Å²) in [7, 11) is -1.18. The maximum absolute atomic E-state index is 13.0. The van der Waals surface area contributed by atoms with Crippen molar-refractivity contribution < 1.29 is 9.53 Å². The number of fused-ring (bicyclic) bond motifs is 1. The summed E-state index contributed by atoms with van der Waals surface area (Å²) in [5, 5.41) is 0.682. The van der Waals surface area contributed by atoms with Crippen molar-refractivity contribution in [2.24, 2.45) is 0 Å². The Kier molecular flexibility index (Phi) is 6.01. The molecule has 0 saturated heterocycles. The van der Waals surface area contributed by atoms with Crippen LogP contribution in [0.1, 0.15) is 15.9 Å². The second-order valence-electron chi connectivity index (χ2n) is 7.54. The van der Waals surface area contributed by atoms with Crippen LogP contribution in [0.4, 0.5) is 0 Å². The predicted octanol–water partition coefficient (Wildman–Crippen LogP) is 5.28. The van der Waals surface area contributed by atoms with E-state index in [0.717, 1.165) is 6.04 Å². The molecule has 8 heteroatoms. The molecule has 0 spiro atoms. The van der Waals surface area contributed by atoms with E-state index < -0.39 is 8.07 Å². The van der Waals surface area contributed by atoms with Gasteiger partial charge in [0.15, 0.2) is 5.78 Å². The van der Waals surface area contributed by atoms with Crippen LogP contribution in [0.15, 0.2) is 36.5 Å². The van der Waals surface area contributed by atoms with E-state index in [9.17, 15) is 4.79 Å². The van der Waals surface area contributed by atoms with Crippen LogP contribution in [0.25, 0.3) is 11.0 Å². The molecule has 0 bridgehead atoms. The number of carbonyl (C=O) groups excluding carboxylic acids is 1. The van der Waals surface area contributed by atoms with Crippen LogP contribution < -0.4 is 0 Å². The van der Waals surface area contributed by atoms with Crippen molar-refractivity contribution in [3.8, 4) is 0 Å². The van der Waals surface area contributed by atoms with Gasteiger partial charge in [-0.3, -0.25) is 4.79 Å². The molecule has 0 N–H and O–H groups in total. The zero-order valence-electron chi connectivity index (χ0n) is 15.5. The zero-order chi connectivity index (χ0) is 19.6. The smallest absolute Gasteiger partial charge is 0.225 e. The van der Waals surface area contributed by atoms with Crippen LogP contribution in [0.2, 0.25) is 36.1 Å². The third kappa shape index (κ3) is 4.76. The van der Waals surface area contributed by atoms with Gasteiger partial charge < -0.3 is 9.30 Å². The summed E-state index contributed by atoms with van der Waals surface area (Å²) in [4.78, 5) is 21.2. The van der Waals surface area contributed by atoms with Crippen LogP contribution in [0, 0.1) is 0 Å². The second kappa shape index (κ2) is 8.10. The maximum atomic E-state index is 13.0. The summed E-state index contributed by atoms with van der Waals surface area (Å²) in [6.45, 7) is 7.82. The molecule has 0 amide bonds. The highest BCUT2D eigenvalue weighted by Crippen LogP contribution is 2.29. The van der Waals surface area contributed by atoms with Crippen LogP contribution in [0.3, 0.4) is 0 Å². The summed E-state index contributed by atoms with van der Waals surface area (Å²) in [6.07, 6.45) is 1.71. The van der Waals surface area contributed by atoms with Crippen LogP contribution >= 0.6 is 23.2 Å². The van der Waals surface area contributed by atoms with Crippen molar-refractivity contribution in [1.29, 1.82) is 0 Å².